The Bertz CT molecular complexity index is 477. The second-order valence-corrected chi connectivity index (χ2v) is 6.26. The van der Waals surface area contributed by atoms with E-state index in [0.717, 1.165) is 29.7 Å². The lowest BCUT2D eigenvalue weighted by Gasteiger charge is -2.32. The highest BCUT2D eigenvalue weighted by molar-refractivity contribution is 5.96. The summed E-state index contributed by atoms with van der Waals surface area (Å²) in [6.45, 7) is 6.46. The first-order chi connectivity index (χ1) is 9.49. The number of hydrogen-bond acceptors (Lipinski definition) is 3. The molecule has 0 heterocycles. The van der Waals surface area contributed by atoms with Gasteiger partial charge < -0.3 is 10.7 Å². The van der Waals surface area contributed by atoms with Gasteiger partial charge in [-0.3, -0.25) is 10.6 Å². The number of aryl methyl sites for hydroxylation is 1. The zero-order chi connectivity index (χ0) is 14.7. The normalized spacial score (nSPS) is 26.1. The van der Waals surface area contributed by atoms with Crippen LogP contribution in [0.15, 0.2) is 18.2 Å². The molecule has 2 unspecified atom stereocenters. The van der Waals surface area contributed by atoms with Gasteiger partial charge in [-0.1, -0.05) is 13.8 Å². The molecule has 1 saturated carbocycles. The molecule has 0 aliphatic heterocycles. The molecule has 2 atom stereocenters. The van der Waals surface area contributed by atoms with E-state index in [0.29, 0.717) is 17.9 Å². The molecule has 20 heavy (non-hydrogen) atoms. The lowest BCUT2D eigenvalue weighted by atomic mass is 9.80. The number of hydrogen-bond donors (Lipinski definition) is 3. The van der Waals surface area contributed by atoms with Gasteiger partial charge in [-0.2, -0.15) is 0 Å². The molecule has 0 aromatic heterocycles. The number of nitrogens with two attached hydrogens (primary N) is 1. The number of carbonyl (C=O) groups excluding carboxylic acids is 1. The second kappa shape index (κ2) is 6.27. The summed E-state index contributed by atoms with van der Waals surface area (Å²) >= 11 is 0. The summed E-state index contributed by atoms with van der Waals surface area (Å²) in [6.07, 6.45) is 3.43. The number of nitrogens with one attached hydrogen (secondary N) is 2. The van der Waals surface area contributed by atoms with Crippen molar-refractivity contribution in [2.45, 2.75) is 46.1 Å². The molecule has 0 spiro atoms. The lowest BCUT2D eigenvalue weighted by Crippen LogP contribution is -2.40. The van der Waals surface area contributed by atoms with Crippen molar-refractivity contribution in [3.8, 4) is 0 Å². The van der Waals surface area contributed by atoms with E-state index in [-0.39, 0.29) is 5.91 Å². The van der Waals surface area contributed by atoms with Crippen LogP contribution in [-0.4, -0.2) is 11.9 Å². The molecule has 2 rings (SSSR count). The molecule has 0 radical (unpaired) electrons. The number of nitrogen functional groups attached to an aromatic ring is 1. The van der Waals surface area contributed by atoms with Gasteiger partial charge in [0, 0.05) is 17.3 Å². The minimum atomic E-state index is 0.0253. The molecule has 1 fully saturated rings. The molecule has 110 valence electrons. The first kappa shape index (κ1) is 14.9. The molecule has 4 nitrogen and oxygen atoms in total. The van der Waals surface area contributed by atoms with Gasteiger partial charge in [0.05, 0.1) is 0 Å². The van der Waals surface area contributed by atoms with Crippen LogP contribution in [0, 0.1) is 18.8 Å². The lowest BCUT2D eigenvalue weighted by molar-refractivity contribution is 0.0910. The Labute approximate surface area is 121 Å². The molecular weight excluding hydrogens is 250 g/mol. The number of anilines is 1. The van der Waals surface area contributed by atoms with E-state index in [9.17, 15) is 4.79 Å². The van der Waals surface area contributed by atoms with E-state index in [4.69, 9.17) is 5.84 Å². The van der Waals surface area contributed by atoms with E-state index in [1.165, 1.54) is 6.42 Å². The molecule has 0 saturated heterocycles. The maximum absolute atomic E-state index is 12.4. The first-order valence-electron chi connectivity index (χ1n) is 7.37. The Kier molecular flexibility index (Phi) is 4.65. The summed E-state index contributed by atoms with van der Waals surface area (Å²) in [6, 6.07) is 5.85. The third kappa shape index (κ3) is 3.51. The zero-order valence-corrected chi connectivity index (χ0v) is 12.6. The summed E-state index contributed by atoms with van der Waals surface area (Å²) in [4.78, 5) is 12.4. The quantitative estimate of drug-likeness (QED) is 0.587. The van der Waals surface area contributed by atoms with Gasteiger partial charge in [-0.25, -0.2) is 0 Å². The summed E-state index contributed by atoms with van der Waals surface area (Å²) in [5.41, 5.74) is 5.08. The number of benzene rings is 1. The van der Waals surface area contributed by atoms with Crippen LogP contribution in [0.2, 0.25) is 0 Å². The average Bonchev–Trinajstić information content (AvgIpc) is 2.36. The molecule has 1 amide bonds. The zero-order valence-electron chi connectivity index (χ0n) is 12.6. The Morgan fingerprint density at radius 2 is 1.85 bits per heavy atom. The summed E-state index contributed by atoms with van der Waals surface area (Å²) in [7, 11) is 0. The second-order valence-electron chi connectivity index (χ2n) is 6.26. The van der Waals surface area contributed by atoms with Crippen molar-refractivity contribution < 1.29 is 4.79 Å². The maximum Gasteiger partial charge on any atom is 0.251 e. The third-order valence-corrected chi connectivity index (χ3v) is 4.15. The minimum Gasteiger partial charge on any atom is -0.349 e. The predicted octanol–water partition coefficient (Wildman–Crippen LogP) is 2.84. The average molecular weight is 275 g/mol. The van der Waals surface area contributed by atoms with Gasteiger partial charge >= 0.3 is 0 Å². The van der Waals surface area contributed by atoms with Crippen LogP contribution in [-0.2, 0) is 0 Å². The maximum atomic E-state index is 12.4. The smallest absolute Gasteiger partial charge is 0.251 e. The van der Waals surface area contributed by atoms with Gasteiger partial charge in [0.25, 0.3) is 5.91 Å². The van der Waals surface area contributed by atoms with Crippen molar-refractivity contribution in [3.63, 3.8) is 0 Å². The summed E-state index contributed by atoms with van der Waals surface area (Å²) < 4.78 is 0. The Morgan fingerprint density at radius 3 is 2.40 bits per heavy atom. The molecule has 0 bridgehead atoms. The fourth-order valence-corrected chi connectivity index (χ4v) is 3.34. The Hall–Kier alpha value is -1.55. The fraction of sp³-hybridized carbons (Fsp3) is 0.562. The van der Waals surface area contributed by atoms with Crippen molar-refractivity contribution in [3.05, 3.63) is 29.3 Å². The molecule has 1 aliphatic carbocycles. The van der Waals surface area contributed by atoms with Crippen molar-refractivity contribution in [2.75, 3.05) is 5.43 Å². The SMILES string of the molecule is Cc1cc(NN)ccc1C(=O)NC1CC(C)CC(C)C1. The summed E-state index contributed by atoms with van der Waals surface area (Å²) in [5, 5.41) is 3.18. The highest BCUT2D eigenvalue weighted by Gasteiger charge is 2.25. The number of hydrazine groups is 1. The highest BCUT2D eigenvalue weighted by atomic mass is 16.1. The number of carbonyl (C=O) groups is 1. The van der Waals surface area contributed by atoms with Gasteiger partial charge in [-0.15, -0.1) is 0 Å². The van der Waals surface area contributed by atoms with Crippen molar-refractivity contribution in [1.29, 1.82) is 0 Å². The number of rotatable bonds is 3. The standard InChI is InChI=1S/C16H25N3O/c1-10-6-11(2)8-14(7-10)18-16(20)15-5-4-13(19-17)9-12(15)3/h4-5,9-11,14,19H,6-8,17H2,1-3H3,(H,18,20). The molecule has 1 aromatic rings. The van der Waals surface area contributed by atoms with Crippen molar-refractivity contribution >= 4 is 11.6 Å². The van der Waals surface area contributed by atoms with E-state index in [1.54, 1.807) is 0 Å². The first-order valence-corrected chi connectivity index (χ1v) is 7.37. The predicted molar refractivity (Wildman–Crippen MR) is 82.4 cm³/mol. The molecule has 1 aliphatic rings. The van der Waals surface area contributed by atoms with Gasteiger partial charge in [0.1, 0.15) is 0 Å². The third-order valence-electron chi connectivity index (χ3n) is 4.15. The largest absolute Gasteiger partial charge is 0.349 e. The molecular formula is C16H25N3O. The van der Waals surface area contributed by atoms with E-state index >= 15 is 0 Å². The highest BCUT2D eigenvalue weighted by Crippen LogP contribution is 2.28. The van der Waals surface area contributed by atoms with Crippen LogP contribution in [0.1, 0.15) is 49.0 Å². The number of amides is 1. The van der Waals surface area contributed by atoms with Gasteiger partial charge in [0.15, 0.2) is 0 Å². The van der Waals surface area contributed by atoms with Gasteiger partial charge in [0.2, 0.25) is 0 Å². The van der Waals surface area contributed by atoms with Gasteiger partial charge in [-0.05, 0) is 61.8 Å². The topological polar surface area (TPSA) is 67.1 Å². The van der Waals surface area contributed by atoms with Crippen LogP contribution < -0.4 is 16.6 Å². The van der Waals surface area contributed by atoms with Crippen LogP contribution in [0.3, 0.4) is 0 Å². The van der Waals surface area contributed by atoms with E-state index in [1.807, 2.05) is 25.1 Å². The Morgan fingerprint density at radius 1 is 1.20 bits per heavy atom. The van der Waals surface area contributed by atoms with Crippen molar-refractivity contribution in [1.82, 2.24) is 5.32 Å². The van der Waals surface area contributed by atoms with Crippen LogP contribution in [0.25, 0.3) is 0 Å². The monoisotopic (exact) mass is 275 g/mol. The Balaban J connectivity index is 2.04. The molecule has 4 heteroatoms. The fourth-order valence-electron chi connectivity index (χ4n) is 3.34. The van der Waals surface area contributed by atoms with Crippen LogP contribution in [0.4, 0.5) is 5.69 Å². The van der Waals surface area contributed by atoms with Crippen LogP contribution in [0.5, 0.6) is 0 Å². The molecule has 4 N–H and O–H groups in total. The van der Waals surface area contributed by atoms with E-state index < -0.39 is 0 Å². The van der Waals surface area contributed by atoms with Crippen molar-refractivity contribution in [2.24, 2.45) is 17.7 Å². The van der Waals surface area contributed by atoms with E-state index in [2.05, 4.69) is 24.6 Å². The minimum absolute atomic E-state index is 0.0253. The molecule has 1 aromatic carbocycles. The van der Waals surface area contributed by atoms with Crippen LogP contribution >= 0.6 is 0 Å². The summed E-state index contributed by atoms with van der Waals surface area (Å²) in [5.74, 6) is 6.78.